The van der Waals surface area contributed by atoms with Gasteiger partial charge in [-0.1, -0.05) is 12.1 Å². The first-order valence-corrected chi connectivity index (χ1v) is 6.09. The van der Waals surface area contributed by atoms with E-state index in [1.807, 2.05) is 11.5 Å². The second-order valence-electron chi connectivity index (χ2n) is 4.42. The third-order valence-electron chi connectivity index (χ3n) is 3.04. The van der Waals surface area contributed by atoms with Crippen molar-refractivity contribution in [3.8, 4) is 6.07 Å². The van der Waals surface area contributed by atoms with E-state index in [0.717, 1.165) is 7.11 Å². The summed E-state index contributed by atoms with van der Waals surface area (Å²) in [5, 5.41) is 9.40. The van der Waals surface area contributed by atoms with E-state index in [9.17, 15) is 18.0 Å². The predicted molar refractivity (Wildman–Crippen MR) is 67.4 cm³/mol. The van der Waals surface area contributed by atoms with Crippen molar-refractivity contribution in [3.05, 3.63) is 35.4 Å². The number of halogens is 3. The molecule has 1 fully saturated rings. The highest BCUT2D eigenvalue weighted by molar-refractivity contribution is 5.66. The molecule has 22 heavy (non-hydrogen) atoms. The van der Waals surface area contributed by atoms with Gasteiger partial charge in [-0.3, -0.25) is 0 Å². The minimum Gasteiger partial charge on any atom is -0.451 e. The van der Waals surface area contributed by atoms with Gasteiger partial charge < -0.3 is 4.74 Å². The normalized spacial score (nSPS) is 22.0. The van der Waals surface area contributed by atoms with Crippen molar-refractivity contribution < 1.29 is 22.7 Å². The number of nitrogens with zero attached hydrogens (tertiary/aromatic N) is 2. The number of hydrogen-bond donors (Lipinski definition) is 3. The van der Waals surface area contributed by atoms with E-state index < -0.39 is 24.4 Å². The van der Waals surface area contributed by atoms with Gasteiger partial charge in [-0.05, 0) is 17.7 Å². The molecular formula is C12H12F3N5O2. The minimum absolute atomic E-state index is 0.254. The van der Waals surface area contributed by atoms with Crippen LogP contribution < -0.4 is 16.4 Å². The topological polar surface area (TPSA) is 89.4 Å². The molecule has 1 amide bonds. The quantitative estimate of drug-likeness (QED) is 0.720. The van der Waals surface area contributed by atoms with Crippen molar-refractivity contribution in [2.75, 3.05) is 7.11 Å². The van der Waals surface area contributed by atoms with Crippen LogP contribution in [0.3, 0.4) is 0 Å². The Bertz CT molecular complexity index is 584. The number of nitrogens with one attached hydrogen (secondary N) is 3. The first-order chi connectivity index (χ1) is 10.4. The zero-order valence-electron chi connectivity index (χ0n) is 11.3. The second-order valence-corrected chi connectivity index (χ2v) is 4.42. The maximum Gasteiger partial charge on any atom is 0.440 e. The fraction of sp³-hybridized carbons (Fsp3) is 0.333. The van der Waals surface area contributed by atoms with Crippen LogP contribution >= 0.6 is 0 Å². The molecule has 2 rings (SSSR count). The third-order valence-corrected chi connectivity index (χ3v) is 3.04. The van der Waals surface area contributed by atoms with Gasteiger partial charge in [0.25, 0.3) is 0 Å². The Balaban J connectivity index is 2.30. The molecule has 1 aromatic rings. The molecule has 0 aliphatic carbocycles. The van der Waals surface area contributed by atoms with E-state index in [-0.39, 0.29) is 5.56 Å². The number of carbonyl (C=O) groups is 1. The number of ether oxygens (including phenoxy) is 1. The molecule has 118 valence electrons. The van der Waals surface area contributed by atoms with Crippen molar-refractivity contribution in [2.24, 2.45) is 0 Å². The number of rotatable bonds is 1. The second kappa shape index (κ2) is 6.18. The van der Waals surface area contributed by atoms with Gasteiger partial charge in [-0.2, -0.15) is 23.6 Å². The van der Waals surface area contributed by atoms with Crippen molar-refractivity contribution in [2.45, 2.75) is 18.3 Å². The van der Waals surface area contributed by atoms with Gasteiger partial charge >= 0.3 is 12.3 Å². The fourth-order valence-electron chi connectivity index (χ4n) is 1.96. The summed E-state index contributed by atoms with van der Waals surface area (Å²) in [6, 6.07) is 4.18. The molecular weight excluding hydrogens is 303 g/mol. The van der Waals surface area contributed by atoms with Crippen LogP contribution in [-0.4, -0.2) is 30.5 Å². The highest BCUT2D eigenvalue weighted by atomic mass is 19.4. The molecule has 0 bridgehead atoms. The molecule has 10 heteroatoms. The molecule has 0 saturated carbocycles. The van der Waals surface area contributed by atoms with Crippen LogP contribution in [0, 0.1) is 11.3 Å². The zero-order chi connectivity index (χ0) is 16.3. The minimum atomic E-state index is -4.57. The molecule has 1 aliphatic heterocycles. The smallest absolute Gasteiger partial charge is 0.440 e. The number of amides is 1. The van der Waals surface area contributed by atoms with Gasteiger partial charge in [0.2, 0.25) is 0 Å². The maximum atomic E-state index is 13.1. The average Bonchev–Trinajstić information content (AvgIpc) is 2.52. The standard InChI is InChI=1S/C12H12F3N5O2/c1-22-11(21)20-18-9(10(17-19-20)12(13,14)15)8-4-2-7(6-16)3-5-8/h2-5,9-10,17-19H,1H3. The molecule has 1 heterocycles. The molecule has 1 aliphatic rings. The van der Waals surface area contributed by atoms with E-state index in [1.54, 1.807) is 0 Å². The Kier molecular flexibility index (Phi) is 4.51. The third kappa shape index (κ3) is 3.28. The van der Waals surface area contributed by atoms with Crippen LogP contribution in [0.5, 0.6) is 0 Å². The van der Waals surface area contributed by atoms with Crippen molar-refractivity contribution in [1.82, 2.24) is 21.5 Å². The highest BCUT2D eigenvalue weighted by Crippen LogP contribution is 2.31. The summed E-state index contributed by atoms with van der Waals surface area (Å²) in [7, 11) is 1.10. The largest absolute Gasteiger partial charge is 0.451 e. The summed E-state index contributed by atoms with van der Waals surface area (Å²) >= 11 is 0. The summed E-state index contributed by atoms with van der Waals surface area (Å²) < 4.78 is 43.7. The molecule has 0 aromatic heterocycles. The first kappa shape index (κ1) is 16.0. The number of hydrazine groups is 3. The number of benzene rings is 1. The molecule has 2 atom stereocenters. The van der Waals surface area contributed by atoms with E-state index in [2.05, 4.69) is 15.7 Å². The monoisotopic (exact) mass is 315 g/mol. The predicted octanol–water partition coefficient (Wildman–Crippen LogP) is 1.13. The summed E-state index contributed by atoms with van der Waals surface area (Å²) in [6.07, 6.45) is -5.48. The SMILES string of the molecule is COC(=O)N1NNC(C(F)(F)F)C(c2ccc(C#N)cc2)N1. The van der Waals surface area contributed by atoms with Crippen molar-refractivity contribution in [3.63, 3.8) is 0 Å². The van der Waals surface area contributed by atoms with Crippen LogP contribution in [0.4, 0.5) is 18.0 Å². The molecule has 3 N–H and O–H groups in total. The Hall–Kier alpha value is -2.35. The Morgan fingerprint density at radius 3 is 2.50 bits per heavy atom. The zero-order valence-corrected chi connectivity index (χ0v) is 11.3. The van der Waals surface area contributed by atoms with Crippen molar-refractivity contribution >= 4 is 6.09 Å². The number of nitriles is 1. The van der Waals surface area contributed by atoms with Gasteiger partial charge in [0.1, 0.15) is 6.04 Å². The Morgan fingerprint density at radius 1 is 1.36 bits per heavy atom. The van der Waals surface area contributed by atoms with E-state index >= 15 is 0 Å². The number of carbonyl (C=O) groups excluding carboxylic acids is 1. The van der Waals surface area contributed by atoms with Crippen LogP contribution in [0.25, 0.3) is 0 Å². The molecule has 7 nitrogen and oxygen atoms in total. The fourth-order valence-corrected chi connectivity index (χ4v) is 1.96. The molecule has 1 saturated heterocycles. The van der Waals surface area contributed by atoms with E-state index in [1.165, 1.54) is 24.3 Å². The van der Waals surface area contributed by atoms with Crippen LogP contribution in [0.1, 0.15) is 17.2 Å². The van der Waals surface area contributed by atoms with Gasteiger partial charge in [0.05, 0.1) is 24.8 Å². The van der Waals surface area contributed by atoms with E-state index in [4.69, 9.17) is 5.26 Å². The molecule has 0 spiro atoms. The first-order valence-electron chi connectivity index (χ1n) is 6.09. The Labute approximate surface area is 123 Å². The van der Waals surface area contributed by atoms with E-state index in [0.29, 0.717) is 10.7 Å². The lowest BCUT2D eigenvalue weighted by molar-refractivity contribution is -0.187. The summed E-state index contributed by atoms with van der Waals surface area (Å²) in [5.41, 5.74) is 7.07. The maximum absolute atomic E-state index is 13.1. The van der Waals surface area contributed by atoms with Gasteiger partial charge in [-0.25, -0.2) is 15.6 Å². The lowest BCUT2D eigenvalue weighted by Crippen LogP contribution is -2.71. The molecule has 1 aromatic carbocycles. The van der Waals surface area contributed by atoms with Gasteiger partial charge in [-0.15, -0.1) is 5.53 Å². The van der Waals surface area contributed by atoms with Crippen LogP contribution in [0.15, 0.2) is 24.3 Å². The number of methoxy groups -OCH3 is 1. The molecule has 2 unspecified atom stereocenters. The summed E-state index contributed by atoms with van der Waals surface area (Å²) in [6.45, 7) is 0. The average molecular weight is 315 g/mol. The van der Waals surface area contributed by atoms with Crippen LogP contribution in [0.2, 0.25) is 0 Å². The van der Waals surface area contributed by atoms with Gasteiger partial charge in [0, 0.05) is 0 Å². The molecule has 0 radical (unpaired) electrons. The lowest BCUT2D eigenvalue weighted by atomic mass is 9.98. The number of hydrogen-bond acceptors (Lipinski definition) is 6. The Morgan fingerprint density at radius 2 is 2.00 bits per heavy atom. The van der Waals surface area contributed by atoms with Crippen molar-refractivity contribution in [1.29, 1.82) is 5.26 Å². The highest BCUT2D eigenvalue weighted by Gasteiger charge is 2.48. The summed E-state index contributed by atoms with van der Waals surface area (Å²) in [4.78, 5) is 11.4. The van der Waals surface area contributed by atoms with Crippen LogP contribution in [-0.2, 0) is 4.74 Å². The number of alkyl halides is 3. The summed E-state index contributed by atoms with van der Waals surface area (Å²) in [5.74, 6) is 0. The lowest BCUT2D eigenvalue weighted by Gasteiger charge is -2.40. The van der Waals surface area contributed by atoms with Gasteiger partial charge in [0.15, 0.2) is 0 Å².